The molecule has 1 aliphatic rings. The second kappa shape index (κ2) is 8.40. The second-order valence-corrected chi connectivity index (χ2v) is 6.68. The van der Waals surface area contributed by atoms with E-state index in [1.165, 1.54) is 0 Å². The number of nitrogens with one attached hydrogen (secondary N) is 1. The summed E-state index contributed by atoms with van der Waals surface area (Å²) >= 11 is 0. The van der Waals surface area contributed by atoms with Gasteiger partial charge < -0.3 is 15.1 Å². The Morgan fingerprint density at radius 1 is 0.966 bits per heavy atom. The number of hydrogen-bond donors (Lipinski definition) is 1. The zero-order valence-corrected chi connectivity index (χ0v) is 15.8. The number of carbonyl (C=O) groups excluding carboxylic acids is 1. The molecule has 144 valence electrons. The van der Waals surface area contributed by atoms with Crippen molar-refractivity contribution in [3.63, 3.8) is 0 Å². The van der Waals surface area contributed by atoms with Crippen LogP contribution in [0.5, 0.6) is 0 Å². The molecule has 1 fully saturated rings. The Balaban J connectivity index is 1.43. The van der Waals surface area contributed by atoms with Crippen molar-refractivity contribution in [2.45, 2.75) is 0 Å². The molecule has 4 rings (SSSR count). The predicted molar refractivity (Wildman–Crippen MR) is 111 cm³/mol. The first-order chi connectivity index (χ1) is 14.2. The number of carbonyl (C=O) groups is 1. The Morgan fingerprint density at radius 2 is 1.76 bits per heavy atom. The van der Waals surface area contributed by atoms with E-state index in [4.69, 9.17) is 0 Å². The largest absolute Gasteiger partial charge is 0.353 e. The van der Waals surface area contributed by atoms with E-state index in [0.29, 0.717) is 35.7 Å². The first-order valence-electron chi connectivity index (χ1n) is 9.42. The van der Waals surface area contributed by atoms with Crippen molar-refractivity contribution >= 4 is 23.2 Å². The molecule has 2 aromatic heterocycles. The molecule has 7 nitrogen and oxygen atoms in total. The van der Waals surface area contributed by atoms with Crippen LogP contribution in [0.4, 0.5) is 17.3 Å². The van der Waals surface area contributed by atoms with Gasteiger partial charge in [0, 0.05) is 44.1 Å². The van der Waals surface area contributed by atoms with Crippen LogP contribution in [0.25, 0.3) is 0 Å². The third-order valence-corrected chi connectivity index (χ3v) is 4.86. The van der Waals surface area contributed by atoms with Crippen LogP contribution in [0.3, 0.4) is 0 Å². The first kappa shape index (κ1) is 18.4. The molecule has 0 bridgehead atoms. The highest BCUT2D eigenvalue weighted by Gasteiger charge is 2.23. The minimum absolute atomic E-state index is 0.0234. The lowest BCUT2D eigenvalue weighted by atomic mass is 10.2. The van der Waals surface area contributed by atoms with E-state index in [1.807, 2.05) is 41.3 Å². The third-order valence-electron chi connectivity index (χ3n) is 4.86. The summed E-state index contributed by atoms with van der Waals surface area (Å²) in [5.74, 6) is 1.45. The average molecular weight is 384 g/mol. The van der Waals surface area contributed by atoms with Crippen LogP contribution in [0, 0.1) is 11.3 Å². The SMILES string of the molecule is N#Cc1ccccc1Nc1cc(C(=O)N2CCN(c3ccccn3)CC2)ccn1. The zero-order valence-electron chi connectivity index (χ0n) is 15.8. The molecule has 0 aliphatic carbocycles. The molecular weight excluding hydrogens is 364 g/mol. The fourth-order valence-electron chi connectivity index (χ4n) is 3.32. The van der Waals surface area contributed by atoms with E-state index in [9.17, 15) is 10.1 Å². The van der Waals surface area contributed by atoms with Crippen molar-refractivity contribution in [3.8, 4) is 6.07 Å². The number of hydrogen-bond acceptors (Lipinski definition) is 6. The molecule has 29 heavy (non-hydrogen) atoms. The first-order valence-corrected chi connectivity index (χ1v) is 9.42. The molecule has 1 aromatic carbocycles. The fourth-order valence-corrected chi connectivity index (χ4v) is 3.32. The normalized spacial score (nSPS) is 13.6. The van der Waals surface area contributed by atoms with E-state index in [2.05, 4.69) is 26.3 Å². The number of benzene rings is 1. The van der Waals surface area contributed by atoms with Gasteiger partial charge in [0.2, 0.25) is 0 Å². The summed E-state index contributed by atoms with van der Waals surface area (Å²) in [5, 5.41) is 12.4. The van der Waals surface area contributed by atoms with Gasteiger partial charge in [0.05, 0.1) is 11.3 Å². The van der Waals surface area contributed by atoms with Gasteiger partial charge in [-0.1, -0.05) is 18.2 Å². The number of aromatic nitrogens is 2. The summed E-state index contributed by atoms with van der Waals surface area (Å²) in [7, 11) is 0. The van der Waals surface area contributed by atoms with Gasteiger partial charge in [-0.3, -0.25) is 4.79 Å². The third kappa shape index (κ3) is 4.17. The summed E-state index contributed by atoms with van der Waals surface area (Å²) in [5.41, 5.74) is 1.76. The van der Waals surface area contributed by atoms with E-state index in [-0.39, 0.29) is 5.91 Å². The smallest absolute Gasteiger partial charge is 0.254 e. The van der Waals surface area contributed by atoms with Crippen LogP contribution < -0.4 is 10.2 Å². The lowest BCUT2D eigenvalue weighted by Crippen LogP contribution is -2.49. The number of nitrogens with zero attached hydrogens (tertiary/aromatic N) is 5. The maximum absolute atomic E-state index is 13.0. The minimum atomic E-state index is -0.0234. The zero-order chi connectivity index (χ0) is 20.1. The Labute approximate surface area is 169 Å². The summed E-state index contributed by atoms with van der Waals surface area (Å²) in [4.78, 5) is 25.6. The molecule has 0 radical (unpaired) electrons. The Hall–Kier alpha value is -3.92. The minimum Gasteiger partial charge on any atom is -0.353 e. The molecule has 1 saturated heterocycles. The summed E-state index contributed by atoms with van der Waals surface area (Å²) in [6.07, 6.45) is 3.39. The molecule has 1 amide bonds. The molecular formula is C22H20N6O. The van der Waals surface area contributed by atoms with Crippen molar-refractivity contribution in [1.82, 2.24) is 14.9 Å². The molecule has 1 aliphatic heterocycles. The van der Waals surface area contributed by atoms with E-state index >= 15 is 0 Å². The van der Waals surface area contributed by atoms with Gasteiger partial charge in [-0.25, -0.2) is 9.97 Å². The molecule has 0 spiro atoms. The highest BCUT2D eigenvalue weighted by molar-refractivity contribution is 5.95. The van der Waals surface area contributed by atoms with Crippen LogP contribution >= 0.6 is 0 Å². The molecule has 0 saturated carbocycles. The van der Waals surface area contributed by atoms with Crippen LogP contribution in [0.2, 0.25) is 0 Å². The maximum Gasteiger partial charge on any atom is 0.254 e. The predicted octanol–water partition coefficient (Wildman–Crippen LogP) is 3.05. The van der Waals surface area contributed by atoms with Crippen LogP contribution in [0.15, 0.2) is 67.0 Å². The number of nitriles is 1. The molecule has 0 unspecified atom stereocenters. The molecule has 1 N–H and O–H groups in total. The lowest BCUT2D eigenvalue weighted by Gasteiger charge is -2.35. The van der Waals surface area contributed by atoms with Crippen molar-refractivity contribution in [2.75, 3.05) is 36.4 Å². The van der Waals surface area contributed by atoms with Gasteiger partial charge in [0.15, 0.2) is 0 Å². The quantitative estimate of drug-likeness (QED) is 0.744. The van der Waals surface area contributed by atoms with E-state index in [1.54, 1.807) is 30.6 Å². The van der Waals surface area contributed by atoms with Crippen LogP contribution in [-0.4, -0.2) is 47.0 Å². The number of rotatable bonds is 4. The maximum atomic E-state index is 13.0. The van der Waals surface area contributed by atoms with Crippen molar-refractivity contribution in [1.29, 1.82) is 5.26 Å². The van der Waals surface area contributed by atoms with Gasteiger partial charge in [-0.15, -0.1) is 0 Å². The number of anilines is 3. The van der Waals surface area contributed by atoms with Crippen molar-refractivity contribution < 1.29 is 4.79 Å². The van der Waals surface area contributed by atoms with Gasteiger partial charge in [-0.05, 0) is 36.4 Å². The number of pyridine rings is 2. The standard InChI is InChI=1S/C22H20N6O/c23-16-18-5-1-2-6-19(18)26-20-15-17(8-10-24-20)22(29)28-13-11-27(12-14-28)21-7-3-4-9-25-21/h1-10,15H,11-14H2,(H,24,26). The average Bonchev–Trinajstić information content (AvgIpc) is 2.80. The Bertz CT molecular complexity index is 1040. The summed E-state index contributed by atoms with van der Waals surface area (Å²) in [6, 6.07) is 18.6. The van der Waals surface area contributed by atoms with Gasteiger partial charge >= 0.3 is 0 Å². The highest BCUT2D eigenvalue weighted by Crippen LogP contribution is 2.20. The topological polar surface area (TPSA) is 85.2 Å². The molecule has 7 heteroatoms. The second-order valence-electron chi connectivity index (χ2n) is 6.68. The van der Waals surface area contributed by atoms with E-state index < -0.39 is 0 Å². The van der Waals surface area contributed by atoms with Crippen molar-refractivity contribution in [2.24, 2.45) is 0 Å². The molecule has 3 aromatic rings. The number of piperazine rings is 1. The van der Waals surface area contributed by atoms with Gasteiger partial charge in [-0.2, -0.15) is 5.26 Å². The van der Waals surface area contributed by atoms with E-state index in [0.717, 1.165) is 18.9 Å². The van der Waals surface area contributed by atoms with Crippen LogP contribution in [0.1, 0.15) is 15.9 Å². The van der Waals surface area contributed by atoms with Gasteiger partial charge in [0.25, 0.3) is 5.91 Å². The highest BCUT2D eigenvalue weighted by atomic mass is 16.2. The summed E-state index contributed by atoms with van der Waals surface area (Å²) in [6.45, 7) is 2.76. The van der Waals surface area contributed by atoms with Crippen LogP contribution in [-0.2, 0) is 0 Å². The number of amides is 1. The molecule has 3 heterocycles. The monoisotopic (exact) mass is 384 g/mol. The summed E-state index contributed by atoms with van der Waals surface area (Å²) < 4.78 is 0. The lowest BCUT2D eigenvalue weighted by molar-refractivity contribution is 0.0746. The fraction of sp³-hybridized carbons (Fsp3) is 0.182. The molecule has 0 atom stereocenters. The van der Waals surface area contributed by atoms with Crippen molar-refractivity contribution in [3.05, 3.63) is 78.1 Å². The van der Waals surface area contributed by atoms with Gasteiger partial charge in [0.1, 0.15) is 17.7 Å². The number of para-hydroxylation sites is 1. The Morgan fingerprint density at radius 3 is 2.52 bits per heavy atom. The Kier molecular flexibility index (Phi) is 5.34.